The first kappa shape index (κ1) is 18.7. The fraction of sp³-hybridized carbons (Fsp3) is 0.0400. The molecule has 0 radical (unpaired) electrons. The third-order valence-electron chi connectivity index (χ3n) is 5.27. The molecule has 0 fully saturated rings. The van der Waals surface area contributed by atoms with Crippen molar-refractivity contribution in [2.24, 2.45) is 0 Å². The molecule has 0 aliphatic rings. The van der Waals surface area contributed by atoms with Gasteiger partial charge in [0.05, 0.1) is 11.0 Å². The lowest BCUT2D eigenvalue weighted by Crippen LogP contribution is -2.12. The van der Waals surface area contributed by atoms with Gasteiger partial charge in [-0.05, 0) is 72.1 Å². The lowest BCUT2D eigenvalue weighted by molar-refractivity contribution is 0.102. The van der Waals surface area contributed by atoms with Crippen LogP contribution in [0, 0.1) is 6.92 Å². The quantitative estimate of drug-likeness (QED) is 0.441. The van der Waals surface area contributed by atoms with Crippen molar-refractivity contribution in [2.45, 2.75) is 6.92 Å². The number of amides is 1. The highest BCUT2D eigenvalue weighted by Gasteiger charge is 2.11. The van der Waals surface area contributed by atoms with Gasteiger partial charge in [0.15, 0.2) is 0 Å². The first-order valence-corrected chi connectivity index (χ1v) is 9.86. The van der Waals surface area contributed by atoms with Crippen LogP contribution in [0.3, 0.4) is 0 Å². The van der Waals surface area contributed by atoms with Crippen LogP contribution in [0.5, 0.6) is 0 Å². The summed E-state index contributed by atoms with van der Waals surface area (Å²) < 4.78 is 0. The van der Waals surface area contributed by atoms with Crippen LogP contribution in [0.2, 0.25) is 0 Å². The minimum Gasteiger partial charge on any atom is -0.368 e. The number of hydrogen-bond donors (Lipinski definition) is 2. The van der Waals surface area contributed by atoms with Crippen molar-refractivity contribution in [3.8, 4) is 11.1 Å². The molecule has 0 aliphatic heterocycles. The third kappa shape index (κ3) is 3.67. The predicted octanol–water partition coefficient (Wildman–Crippen LogP) is 4.99. The molecule has 3 aromatic carbocycles. The van der Waals surface area contributed by atoms with Gasteiger partial charge in [-0.3, -0.25) is 9.78 Å². The van der Waals surface area contributed by atoms with E-state index in [2.05, 4.69) is 20.3 Å². The molecule has 0 atom stereocenters. The van der Waals surface area contributed by atoms with Crippen molar-refractivity contribution in [1.29, 1.82) is 0 Å². The number of benzene rings is 3. The predicted molar refractivity (Wildman–Crippen MR) is 124 cm³/mol. The van der Waals surface area contributed by atoms with E-state index in [1.54, 1.807) is 12.4 Å². The van der Waals surface area contributed by atoms with E-state index in [1.165, 1.54) is 0 Å². The standard InChI is InChI=1S/C25H19N5O/c1-15-4-5-18(24(31)29-20-7-9-22-17(12-20)3-2-10-27-22)13-21(15)16-6-8-23-19(11-16)14-28-25(26)30-23/h2-14H,1H3,(H,29,31)(H2,26,28,30). The van der Waals surface area contributed by atoms with Crippen LogP contribution in [0.1, 0.15) is 15.9 Å². The molecule has 150 valence electrons. The summed E-state index contributed by atoms with van der Waals surface area (Å²) in [5.41, 5.74) is 11.7. The van der Waals surface area contributed by atoms with Crippen LogP contribution >= 0.6 is 0 Å². The van der Waals surface area contributed by atoms with E-state index in [0.717, 1.165) is 44.2 Å². The van der Waals surface area contributed by atoms with Crippen molar-refractivity contribution in [3.05, 3.63) is 90.3 Å². The second-order valence-electron chi connectivity index (χ2n) is 7.40. The number of pyridine rings is 1. The number of rotatable bonds is 3. The largest absolute Gasteiger partial charge is 0.368 e. The Balaban J connectivity index is 1.47. The lowest BCUT2D eigenvalue weighted by Gasteiger charge is -2.11. The van der Waals surface area contributed by atoms with Gasteiger partial charge in [-0.15, -0.1) is 0 Å². The molecule has 31 heavy (non-hydrogen) atoms. The van der Waals surface area contributed by atoms with Crippen LogP contribution in [0.4, 0.5) is 11.6 Å². The number of aromatic nitrogens is 3. The highest BCUT2D eigenvalue weighted by molar-refractivity contribution is 6.06. The van der Waals surface area contributed by atoms with E-state index in [1.807, 2.05) is 73.7 Å². The maximum absolute atomic E-state index is 12.9. The van der Waals surface area contributed by atoms with E-state index in [-0.39, 0.29) is 11.9 Å². The fourth-order valence-electron chi connectivity index (χ4n) is 3.65. The Morgan fingerprint density at radius 3 is 2.68 bits per heavy atom. The number of hydrogen-bond acceptors (Lipinski definition) is 5. The van der Waals surface area contributed by atoms with Crippen molar-refractivity contribution < 1.29 is 4.79 Å². The van der Waals surface area contributed by atoms with Crippen molar-refractivity contribution in [1.82, 2.24) is 15.0 Å². The number of nitrogen functional groups attached to an aromatic ring is 1. The number of nitrogens with zero attached hydrogens (tertiary/aromatic N) is 3. The molecule has 0 unspecified atom stereocenters. The van der Waals surface area contributed by atoms with Crippen molar-refractivity contribution >= 4 is 39.3 Å². The molecule has 6 nitrogen and oxygen atoms in total. The SMILES string of the molecule is Cc1ccc(C(=O)Nc2ccc3ncccc3c2)cc1-c1ccc2nc(N)ncc2c1. The smallest absolute Gasteiger partial charge is 0.255 e. The Bertz CT molecular complexity index is 1460. The number of anilines is 2. The molecule has 0 bridgehead atoms. The van der Waals surface area contributed by atoms with Gasteiger partial charge in [0.25, 0.3) is 5.91 Å². The van der Waals surface area contributed by atoms with E-state index in [9.17, 15) is 4.79 Å². The number of nitrogens with one attached hydrogen (secondary N) is 1. The zero-order valence-electron chi connectivity index (χ0n) is 16.8. The number of carbonyl (C=O) groups is 1. The average Bonchev–Trinajstić information content (AvgIpc) is 2.79. The summed E-state index contributed by atoms with van der Waals surface area (Å²) in [4.78, 5) is 25.6. The lowest BCUT2D eigenvalue weighted by atomic mass is 9.97. The summed E-state index contributed by atoms with van der Waals surface area (Å²) in [5, 5.41) is 4.85. The Morgan fingerprint density at radius 1 is 0.903 bits per heavy atom. The minimum absolute atomic E-state index is 0.165. The molecule has 0 saturated heterocycles. The Morgan fingerprint density at radius 2 is 1.77 bits per heavy atom. The van der Waals surface area contributed by atoms with Crippen molar-refractivity contribution in [3.63, 3.8) is 0 Å². The summed E-state index contributed by atoms with van der Waals surface area (Å²) >= 11 is 0. The molecule has 3 N–H and O–H groups in total. The molecule has 2 aromatic heterocycles. The highest BCUT2D eigenvalue weighted by Crippen LogP contribution is 2.28. The Labute approximate surface area is 178 Å². The number of aryl methyl sites for hydroxylation is 1. The molecule has 0 aliphatic carbocycles. The number of fused-ring (bicyclic) bond motifs is 2. The summed E-state index contributed by atoms with van der Waals surface area (Å²) in [7, 11) is 0. The van der Waals surface area contributed by atoms with Crippen LogP contribution in [0.15, 0.2) is 79.1 Å². The molecule has 5 rings (SSSR count). The van der Waals surface area contributed by atoms with E-state index < -0.39 is 0 Å². The minimum atomic E-state index is -0.165. The van der Waals surface area contributed by atoms with Crippen LogP contribution < -0.4 is 11.1 Å². The maximum atomic E-state index is 12.9. The van der Waals surface area contributed by atoms with Gasteiger partial charge in [0.2, 0.25) is 5.95 Å². The van der Waals surface area contributed by atoms with Gasteiger partial charge >= 0.3 is 0 Å². The molecular formula is C25H19N5O. The number of nitrogens with two attached hydrogens (primary N) is 1. The van der Waals surface area contributed by atoms with Gasteiger partial charge in [-0.1, -0.05) is 18.2 Å². The van der Waals surface area contributed by atoms with Gasteiger partial charge in [-0.2, -0.15) is 0 Å². The molecule has 0 spiro atoms. The first-order chi connectivity index (χ1) is 15.1. The molecule has 1 amide bonds. The topological polar surface area (TPSA) is 93.8 Å². The first-order valence-electron chi connectivity index (χ1n) is 9.86. The summed E-state index contributed by atoms with van der Waals surface area (Å²) in [6, 6.07) is 21.1. The zero-order valence-corrected chi connectivity index (χ0v) is 16.8. The maximum Gasteiger partial charge on any atom is 0.255 e. The fourth-order valence-corrected chi connectivity index (χ4v) is 3.65. The molecule has 0 saturated carbocycles. The highest BCUT2D eigenvalue weighted by atomic mass is 16.1. The van der Waals surface area contributed by atoms with Gasteiger partial charge in [-0.25, -0.2) is 9.97 Å². The Hall–Kier alpha value is -4.32. The van der Waals surface area contributed by atoms with E-state index >= 15 is 0 Å². The van der Waals surface area contributed by atoms with Crippen LogP contribution in [0.25, 0.3) is 32.9 Å². The van der Waals surface area contributed by atoms with Crippen molar-refractivity contribution in [2.75, 3.05) is 11.1 Å². The summed E-state index contributed by atoms with van der Waals surface area (Å²) in [6.45, 7) is 2.02. The summed E-state index contributed by atoms with van der Waals surface area (Å²) in [5.74, 6) is 0.0842. The summed E-state index contributed by atoms with van der Waals surface area (Å²) in [6.07, 6.45) is 3.46. The zero-order chi connectivity index (χ0) is 21.4. The van der Waals surface area contributed by atoms with Gasteiger partial charge in [0.1, 0.15) is 0 Å². The Kier molecular flexibility index (Phi) is 4.52. The van der Waals surface area contributed by atoms with Gasteiger partial charge in [0, 0.05) is 34.4 Å². The monoisotopic (exact) mass is 405 g/mol. The van der Waals surface area contributed by atoms with Gasteiger partial charge < -0.3 is 11.1 Å². The molecular weight excluding hydrogens is 386 g/mol. The van der Waals surface area contributed by atoms with E-state index in [0.29, 0.717) is 5.56 Å². The van der Waals surface area contributed by atoms with Crippen LogP contribution in [-0.4, -0.2) is 20.9 Å². The second-order valence-corrected chi connectivity index (χ2v) is 7.40. The third-order valence-corrected chi connectivity index (χ3v) is 5.27. The second kappa shape index (κ2) is 7.50. The van der Waals surface area contributed by atoms with E-state index in [4.69, 9.17) is 5.73 Å². The average molecular weight is 405 g/mol. The van der Waals surface area contributed by atoms with Crippen LogP contribution in [-0.2, 0) is 0 Å². The number of carbonyl (C=O) groups excluding carboxylic acids is 1. The molecule has 5 aromatic rings. The normalized spacial score (nSPS) is 11.0. The molecule has 6 heteroatoms. The molecule has 2 heterocycles.